The van der Waals surface area contributed by atoms with Crippen LogP contribution in [-0.4, -0.2) is 32.4 Å². The molecule has 0 atom stereocenters. The van der Waals surface area contributed by atoms with E-state index in [0.29, 0.717) is 17.2 Å². The maximum atomic E-state index is 12.0. The van der Waals surface area contributed by atoms with Gasteiger partial charge in [0.2, 0.25) is 0 Å². The fourth-order valence-corrected chi connectivity index (χ4v) is 2.50. The molecule has 0 saturated carbocycles. The number of nitrogens with one attached hydrogen (secondary N) is 1. The van der Waals surface area contributed by atoms with Gasteiger partial charge in [0.05, 0.1) is 19.9 Å². The second-order valence-corrected chi connectivity index (χ2v) is 5.81. The maximum absolute atomic E-state index is 12.0. The molecule has 2 aromatic rings. The first-order valence-corrected chi connectivity index (χ1v) is 8.20. The van der Waals surface area contributed by atoms with Crippen LogP contribution < -0.4 is 19.6 Å². The molecule has 0 spiro atoms. The van der Waals surface area contributed by atoms with Gasteiger partial charge in [0.15, 0.2) is 6.61 Å². The van der Waals surface area contributed by atoms with Crippen molar-refractivity contribution in [1.29, 1.82) is 0 Å². The van der Waals surface area contributed by atoms with E-state index in [1.54, 1.807) is 27.2 Å². The number of benzene rings is 2. The van der Waals surface area contributed by atoms with Gasteiger partial charge in [-0.3, -0.25) is 4.79 Å². The van der Waals surface area contributed by atoms with Crippen LogP contribution in [0.2, 0.25) is 0 Å². The summed E-state index contributed by atoms with van der Waals surface area (Å²) in [7, 11) is 3.16. The second kappa shape index (κ2) is 8.89. The zero-order valence-corrected chi connectivity index (χ0v) is 15.8. The molecule has 0 saturated heterocycles. The smallest absolute Gasteiger partial charge is 0.277 e. The van der Waals surface area contributed by atoms with Crippen molar-refractivity contribution in [2.24, 2.45) is 5.10 Å². The van der Waals surface area contributed by atoms with Crippen LogP contribution in [0.25, 0.3) is 0 Å². The van der Waals surface area contributed by atoms with Gasteiger partial charge in [0.25, 0.3) is 5.91 Å². The van der Waals surface area contributed by atoms with Crippen LogP contribution in [-0.2, 0) is 4.79 Å². The Morgan fingerprint density at radius 1 is 1.08 bits per heavy atom. The van der Waals surface area contributed by atoms with E-state index < -0.39 is 0 Å². The first-order chi connectivity index (χ1) is 12.5. The summed E-state index contributed by atoms with van der Waals surface area (Å²) in [5.41, 5.74) is 5.86. The third-order valence-electron chi connectivity index (χ3n) is 3.90. The lowest BCUT2D eigenvalue weighted by atomic mass is 10.1. The van der Waals surface area contributed by atoms with Crippen molar-refractivity contribution in [3.63, 3.8) is 0 Å². The van der Waals surface area contributed by atoms with Gasteiger partial charge >= 0.3 is 0 Å². The summed E-state index contributed by atoms with van der Waals surface area (Å²) in [4.78, 5) is 12.0. The number of hydrazone groups is 1. The number of rotatable bonds is 7. The highest BCUT2D eigenvalue weighted by Crippen LogP contribution is 2.25. The first kappa shape index (κ1) is 19.3. The highest BCUT2D eigenvalue weighted by Gasteiger charge is 2.10. The maximum Gasteiger partial charge on any atom is 0.277 e. The number of hydrogen-bond donors (Lipinski definition) is 1. The molecule has 1 amide bonds. The molecule has 2 rings (SSSR count). The molecule has 2 aromatic carbocycles. The Kier molecular flexibility index (Phi) is 6.60. The molecule has 6 heteroatoms. The average molecular weight is 356 g/mol. The van der Waals surface area contributed by atoms with E-state index in [1.165, 1.54) is 0 Å². The molecule has 1 N–H and O–H groups in total. The molecular weight excluding hydrogens is 332 g/mol. The van der Waals surface area contributed by atoms with Crippen molar-refractivity contribution in [3.05, 3.63) is 53.1 Å². The van der Waals surface area contributed by atoms with Crippen LogP contribution in [0, 0.1) is 13.8 Å². The SMILES string of the molecule is COc1ccc(/C(C)=N\NC(=O)COc2c(C)cccc2C)c(OC)c1. The quantitative estimate of drug-likeness (QED) is 0.611. The van der Waals surface area contributed by atoms with Gasteiger partial charge in [-0.15, -0.1) is 0 Å². The fraction of sp³-hybridized carbons (Fsp3) is 0.300. The Hall–Kier alpha value is -3.02. The zero-order chi connectivity index (χ0) is 19.1. The molecule has 0 aliphatic heterocycles. The summed E-state index contributed by atoms with van der Waals surface area (Å²) in [6, 6.07) is 11.2. The topological polar surface area (TPSA) is 69.2 Å². The van der Waals surface area contributed by atoms with Gasteiger partial charge in [0.1, 0.15) is 17.2 Å². The predicted octanol–water partition coefficient (Wildman–Crippen LogP) is 3.24. The lowest BCUT2D eigenvalue weighted by molar-refractivity contribution is -0.123. The fourth-order valence-electron chi connectivity index (χ4n) is 2.50. The van der Waals surface area contributed by atoms with E-state index in [2.05, 4.69) is 10.5 Å². The van der Waals surface area contributed by atoms with Gasteiger partial charge in [-0.05, 0) is 44.0 Å². The molecular formula is C20H24N2O4. The number of methoxy groups -OCH3 is 2. The van der Waals surface area contributed by atoms with E-state index in [1.807, 2.05) is 44.2 Å². The molecule has 26 heavy (non-hydrogen) atoms. The Balaban J connectivity index is 2.01. The second-order valence-electron chi connectivity index (χ2n) is 5.81. The third-order valence-corrected chi connectivity index (χ3v) is 3.90. The highest BCUT2D eigenvalue weighted by molar-refractivity contribution is 6.01. The van der Waals surface area contributed by atoms with Gasteiger partial charge in [-0.1, -0.05) is 18.2 Å². The van der Waals surface area contributed by atoms with Gasteiger partial charge in [0, 0.05) is 11.6 Å². The summed E-state index contributed by atoms with van der Waals surface area (Å²) in [5, 5.41) is 4.13. The number of para-hydroxylation sites is 1. The zero-order valence-electron chi connectivity index (χ0n) is 15.8. The molecule has 6 nitrogen and oxygen atoms in total. The first-order valence-electron chi connectivity index (χ1n) is 8.20. The molecule has 0 unspecified atom stereocenters. The third kappa shape index (κ3) is 4.75. The summed E-state index contributed by atoms with van der Waals surface area (Å²) in [6.07, 6.45) is 0. The number of nitrogens with zero attached hydrogens (tertiary/aromatic N) is 1. The minimum atomic E-state index is -0.334. The van der Waals surface area contributed by atoms with Crippen molar-refractivity contribution < 1.29 is 19.0 Å². The molecule has 0 aliphatic carbocycles. The van der Waals surface area contributed by atoms with Crippen molar-refractivity contribution in [1.82, 2.24) is 5.43 Å². The number of hydrogen-bond acceptors (Lipinski definition) is 5. The van der Waals surface area contributed by atoms with Gasteiger partial charge < -0.3 is 14.2 Å². The average Bonchev–Trinajstić information content (AvgIpc) is 2.65. The van der Waals surface area contributed by atoms with E-state index in [9.17, 15) is 4.79 Å². The largest absolute Gasteiger partial charge is 0.497 e. The molecule has 0 heterocycles. The van der Waals surface area contributed by atoms with Crippen molar-refractivity contribution in [2.45, 2.75) is 20.8 Å². The minimum absolute atomic E-state index is 0.109. The van der Waals surface area contributed by atoms with E-state index in [-0.39, 0.29) is 12.5 Å². The van der Waals surface area contributed by atoms with Crippen LogP contribution in [0.15, 0.2) is 41.5 Å². The Morgan fingerprint density at radius 3 is 2.38 bits per heavy atom. The normalized spacial score (nSPS) is 11.0. The Bertz CT molecular complexity index is 795. The lowest BCUT2D eigenvalue weighted by Gasteiger charge is -2.12. The monoisotopic (exact) mass is 356 g/mol. The van der Waals surface area contributed by atoms with E-state index in [4.69, 9.17) is 14.2 Å². The summed E-state index contributed by atoms with van der Waals surface area (Å²) in [6.45, 7) is 5.57. The molecule has 138 valence electrons. The Labute approximate surface area is 153 Å². The van der Waals surface area contributed by atoms with E-state index in [0.717, 1.165) is 22.4 Å². The number of carbonyl (C=O) groups excluding carboxylic acids is 1. The van der Waals surface area contributed by atoms with Crippen LogP contribution in [0.1, 0.15) is 23.6 Å². The molecule has 0 fully saturated rings. The number of amides is 1. The Morgan fingerprint density at radius 2 is 1.77 bits per heavy atom. The van der Waals surface area contributed by atoms with Gasteiger partial charge in [-0.25, -0.2) is 5.43 Å². The van der Waals surface area contributed by atoms with Crippen molar-refractivity contribution >= 4 is 11.6 Å². The number of aryl methyl sites for hydroxylation is 2. The van der Waals surface area contributed by atoms with E-state index >= 15 is 0 Å². The lowest BCUT2D eigenvalue weighted by Crippen LogP contribution is -2.26. The van der Waals surface area contributed by atoms with Crippen molar-refractivity contribution in [2.75, 3.05) is 20.8 Å². The van der Waals surface area contributed by atoms with Crippen LogP contribution >= 0.6 is 0 Å². The molecule has 0 bridgehead atoms. The number of ether oxygens (including phenoxy) is 3. The molecule has 0 aliphatic rings. The van der Waals surface area contributed by atoms with Crippen LogP contribution in [0.5, 0.6) is 17.2 Å². The molecule has 0 aromatic heterocycles. The van der Waals surface area contributed by atoms with Gasteiger partial charge in [-0.2, -0.15) is 5.10 Å². The predicted molar refractivity (Wildman–Crippen MR) is 101 cm³/mol. The van der Waals surface area contributed by atoms with Crippen LogP contribution in [0.3, 0.4) is 0 Å². The minimum Gasteiger partial charge on any atom is -0.497 e. The molecule has 0 radical (unpaired) electrons. The summed E-state index contributed by atoms with van der Waals surface area (Å²) < 4.78 is 16.1. The highest BCUT2D eigenvalue weighted by atomic mass is 16.5. The van der Waals surface area contributed by atoms with Crippen LogP contribution in [0.4, 0.5) is 0 Å². The number of carbonyl (C=O) groups is 1. The summed E-state index contributed by atoms with van der Waals surface area (Å²) in [5.74, 6) is 1.69. The van der Waals surface area contributed by atoms with Crippen molar-refractivity contribution in [3.8, 4) is 17.2 Å². The summed E-state index contributed by atoms with van der Waals surface area (Å²) >= 11 is 0. The standard InChI is InChI=1S/C20H24N2O4/c1-13-7-6-8-14(2)20(13)26-12-19(23)22-21-15(3)17-10-9-16(24-4)11-18(17)25-5/h6-11H,12H2,1-5H3,(H,22,23)/b21-15-.